The zero-order valence-corrected chi connectivity index (χ0v) is 15.9. The van der Waals surface area contributed by atoms with E-state index in [-0.39, 0.29) is 30.8 Å². The second kappa shape index (κ2) is 7.35. The predicted molar refractivity (Wildman–Crippen MR) is 99.4 cm³/mol. The van der Waals surface area contributed by atoms with Crippen LogP contribution >= 0.6 is 0 Å². The molecular weight excluding hydrogens is 360 g/mol. The van der Waals surface area contributed by atoms with Gasteiger partial charge in [0.25, 0.3) is 5.91 Å². The molecule has 28 heavy (non-hydrogen) atoms. The molecule has 148 valence electrons. The number of hydrogen-bond donors (Lipinski definition) is 1. The Kier molecular flexibility index (Phi) is 4.89. The van der Waals surface area contributed by atoms with E-state index in [0.717, 1.165) is 6.42 Å². The maximum atomic E-state index is 13.0. The molecule has 2 atom stereocenters. The lowest BCUT2D eigenvalue weighted by Crippen LogP contribution is -2.54. The van der Waals surface area contributed by atoms with E-state index >= 15 is 0 Å². The van der Waals surface area contributed by atoms with Crippen LogP contribution in [0.3, 0.4) is 0 Å². The molecule has 2 amide bonds. The molecule has 1 aromatic carbocycles. The van der Waals surface area contributed by atoms with Crippen molar-refractivity contribution in [2.45, 2.75) is 25.2 Å². The first kappa shape index (κ1) is 18.6. The summed E-state index contributed by atoms with van der Waals surface area (Å²) in [4.78, 5) is 33.5. The molecule has 2 aliphatic rings. The van der Waals surface area contributed by atoms with E-state index < -0.39 is 5.41 Å². The second-order valence-corrected chi connectivity index (χ2v) is 7.63. The Hall–Kier alpha value is -2.74. The summed E-state index contributed by atoms with van der Waals surface area (Å²) in [7, 11) is 0. The van der Waals surface area contributed by atoms with E-state index in [1.54, 1.807) is 11.8 Å². The second-order valence-electron chi connectivity index (χ2n) is 7.63. The van der Waals surface area contributed by atoms with Gasteiger partial charge in [0.2, 0.25) is 11.8 Å². The number of nitrogens with zero attached hydrogens (tertiary/aromatic N) is 4. The normalized spacial score (nSPS) is 24.3. The number of hydrogen-bond acceptors (Lipinski definition) is 6. The van der Waals surface area contributed by atoms with Gasteiger partial charge in [-0.15, -0.1) is 0 Å². The number of aliphatic hydroxyl groups is 1. The van der Waals surface area contributed by atoms with Gasteiger partial charge < -0.3 is 19.4 Å². The van der Waals surface area contributed by atoms with E-state index in [4.69, 9.17) is 9.63 Å². The average Bonchev–Trinajstić information content (AvgIpc) is 3.32. The van der Waals surface area contributed by atoms with Crippen LogP contribution in [-0.2, 0) is 10.2 Å². The van der Waals surface area contributed by atoms with Crippen molar-refractivity contribution in [3.05, 3.63) is 47.6 Å². The van der Waals surface area contributed by atoms with E-state index in [1.807, 2.05) is 35.2 Å². The molecule has 0 aliphatic carbocycles. The number of fused-ring (bicyclic) bond motifs is 1. The topological polar surface area (TPSA) is 99.8 Å². The minimum absolute atomic E-state index is 0.0288. The smallest absolute Gasteiger partial charge is 0.253 e. The van der Waals surface area contributed by atoms with Gasteiger partial charge in [0.05, 0.1) is 12.0 Å². The Morgan fingerprint density at radius 1 is 1.25 bits per heavy atom. The van der Waals surface area contributed by atoms with Crippen molar-refractivity contribution in [2.24, 2.45) is 5.92 Å². The minimum atomic E-state index is -0.574. The number of carbonyl (C=O) groups is 2. The summed E-state index contributed by atoms with van der Waals surface area (Å²) >= 11 is 0. The first-order valence-electron chi connectivity index (χ1n) is 9.57. The SMILES string of the molecule is Cc1noc([C@]23CN(C(=O)CCO)CC[C@H]2CN(C(=O)c2ccccc2)C3)n1. The third kappa shape index (κ3) is 3.17. The molecule has 2 saturated heterocycles. The number of aromatic nitrogens is 2. The molecule has 0 spiro atoms. The molecule has 0 saturated carbocycles. The van der Waals surface area contributed by atoms with Crippen LogP contribution in [0.4, 0.5) is 0 Å². The standard InChI is InChI=1S/C20H24N4O4/c1-14-21-19(28-22-14)20-12-23(17(26)8-10-25)9-7-16(20)11-24(13-20)18(27)15-5-3-2-4-6-15/h2-6,16,25H,7-13H2,1H3/t16-,20-/m0/s1. The molecule has 4 rings (SSSR count). The molecule has 3 heterocycles. The Labute approximate surface area is 163 Å². The summed E-state index contributed by atoms with van der Waals surface area (Å²) < 4.78 is 5.54. The first-order chi connectivity index (χ1) is 13.5. The molecular formula is C20H24N4O4. The number of benzene rings is 1. The van der Waals surface area contributed by atoms with Gasteiger partial charge in [0.1, 0.15) is 0 Å². The van der Waals surface area contributed by atoms with Gasteiger partial charge in [-0.25, -0.2) is 0 Å². The van der Waals surface area contributed by atoms with Gasteiger partial charge in [-0.3, -0.25) is 9.59 Å². The van der Waals surface area contributed by atoms with Crippen LogP contribution in [0.1, 0.15) is 34.9 Å². The molecule has 8 heteroatoms. The number of aryl methyl sites for hydroxylation is 1. The quantitative estimate of drug-likeness (QED) is 0.844. The maximum absolute atomic E-state index is 13.0. The van der Waals surface area contributed by atoms with Gasteiger partial charge in [-0.1, -0.05) is 23.4 Å². The average molecular weight is 384 g/mol. The molecule has 0 unspecified atom stereocenters. The molecule has 1 N–H and O–H groups in total. The summed E-state index contributed by atoms with van der Waals surface area (Å²) in [6, 6.07) is 9.20. The van der Waals surface area contributed by atoms with Crippen LogP contribution in [0.15, 0.2) is 34.9 Å². The Bertz CT molecular complexity index is 868. The van der Waals surface area contributed by atoms with Crippen LogP contribution in [0.25, 0.3) is 0 Å². The lowest BCUT2D eigenvalue weighted by Gasteiger charge is -2.41. The first-order valence-corrected chi connectivity index (χ1v) is 9.57. The van der Waals surface area contributed by atoms with E-state index in [9.17, 15) is 9.59 Å². The van der Waals surface area contributed by atoms with Crippen molar-refractivity contribution in [3.63, 3.8) is 0 Å². The van der Waals surface area contributed by atoms with E-state index in [1.165, 1.54) is 0 Å². The number of amides is 2. The molecule has 1 aromatic heterocycles. The van der Waals surface area contributed by atoms with Crippen molar-refractivity contribution >= 4 is 11.8 Å². The zero-order chi connectivity index (χ0) is 19.7. The Balaban J connectivity index is 1.65. The highest BCUT2D eigenvalue weighted by Crippen LogP contribution is 2.44. The minimum Gasteiger partial charge on any atom is -0.396 e. The number of aliphatic hydroxyl groups excluding tert-OH is 1. The maximum Gasteiger partial charge on any atom is 0.253 e. The predicted octanol–water partition coefficient (Wildman–Crippen LogP) is 1.00. The van der Waals surface area contributed by atoms with Gasteiger partial charge in [0.15, 0.2) is 5.82 Å². The monoisotopic (exact) mass is 384 g/mol. The highest BCUT2D eigenvalue weighted by atomic mass is 16.5. The van der Waals surface area contributed by atoms with E-state index in [2.05, 4.69) is 10.1 Å². The summed E-state index contributed by atoms with van der Waals surface area (Å²) in [6.07, 6.45) is 0.841. The number of carbonyl (C=O) groups excluding carboxylic acids is 2. The summed E-state index contributed by atoms with van der Waals surface area (Å²) in [6.45, 7) is 3.62. The molecule has 0 bridgehead atoms. The van der Waals surface area contributed by atoms with Crippen LogP contribution in [0, 0.1) is 12.8 Å². The molecule has 2 aromatic rings. The van der Waals surface area contributed by atoms with Crippen LogP contribution in [0.5, 0.6) is 0 Å². The van der Waals surface area contributed by atoms with Crippen molar-refractivity contribution in [2.75, 3.05) is 32.8 Å². The van der Waals surface area contributed by atoms with Crippen molar-refractivity contribution in [1.82, 2.24) is 19.9 Å². The molecule has 2 aliphatic heterocycles. The lowest BCUT2D eigenvalue weighted by molar-refractivity contribution is -0.135. The Morgan fingerprint density at radius 2 is 2.00 bits per heavy atom. The van der Waals surface area contributed by atoms with Crippen LogP contribution in [0.2, 0.25) is 0 Å². The van der Waals surface area contributed by atoms with Crippen molar-refractivity contribution < 1.29 is 19.2 Å². The van der Waals surface area contributed by atoms with Crippen LogP contribution < -0.4 is 0 Å². The van der Waals surface area contributed by atoms with Gasteiger partial charge in [-0.05, 0) is 31.4 Å². The summed E-state index contributed by atoms with van der Waals surface area (Å²) in [5.41, 5.74) is 0.0703. The lowest BCUT2D eigenvalue weighted by atomic mass is 9.73. The third-order valence-electron chi connectivity index (χ3n) is 5.86. The van der Waals surface area contributed by atoms with Gasteiger partial charge in [-0.2, -0.15) is 4.98 Å². The van der Waals surface area contributed by atoms with Gasteiger partial charge >= 0.3 is 0 Å². The molecule has 2 fully saturated rings. The fourth-order valence-corrected chi connectivity index (χ4v) is 4.45. The summed E-state index contributed by atoms with van der Waals surface area (Å²) in [5.74, 6) is 1.04. The molecule has 0 radical (unpaired) electrons. The fraction of sp³-hybridized carbons (Fsp3) is 0.500. The fourth-order valence-electron chi connectivity index (χ4n) is 4.45. The Morgan fingerprint density at radius 3 is 2.68 bits per heavy atom. The van der Waals surface area contributed by atoms with Crippen LogP contribution in [-0.4, -0.2) is 69.6 Å². The van der Waals surface area contributed by atoms with Crippen molar-refractivity contribution in [3.8, 4) is 0 Å². The number of likely N-dealkylation sites (tertiary alicyclic amines) is 2. The highest BCUT2D eigenvalue weighted by Gasteiger charge is 2.56. The third-order valence-corrected chi connectivity index (χ3v) is 5.86. The number of piperidine rings is 1. The van der Waals surface area contributed by atoms with Crippen molar-refractivity contribution in [1.29, 1.82) is 0 Å². The highest BCUT2D eigenvalue weighted by molar-refractivity contribution is 5.94. The summed E-state index contributed by atoms with van der Waals surface area (Å²) in [5, 5.41) is 13.1. The van der Waals surface area contributed by atoms with E-state index in [0.29, 0.717) is 43.5 Å². The zero-order valence-electron chi connectivity index (χ0n) is 15.9. The molecule has 8 nitrogen and oxygen atoms in total. The largest absolute Gasteiger partial charge is 0.396 e. The van der Waals surface area contributed by atoms with Gasteiger partial charge in [0, 0.05) is 38.2 Å². The number of rotatable bonds is 4.